The maximum Gasteiger partial charge on any atom is 0.315 e. The van der Waals surface area contributed by atoms with Gasteiger partial charge >= 0.3 is 6.03 Å². The minimum Gasteiger partial charge on any atom is -0.356 e. The zero-order valence-corrected chi connectivity index (χ0v) is 19.8. The van der Waals surface area contributed by atoms with Crippen LogP contribution in [0.2, 0.25) is 0 Å². The predicted molar refractivity (Wildman–Crippen MR) is 128 cm³/mol. The Hall–Kier alpha value is -2.65. The number of carbonyl (C=O) groups is 1. The summed E-state index contributed by atoms with van der Waals surface area (Å²) in [6.07, 6.45) is 8.29. The number of nitrogens with one attached hydrogen (secondary N) is 2. The van der Waals surface area contributed by atoms with Gasteiger partial charge in [-0.1, -0.05) is 24.6 Å². The Morgan fingerprint density at radius 1 is 0.848 bits per heavy atom. The monoisotopic (exact) mass is 471 g/mol. The molecule has 0 bridgehead atoms. The van der Waals surface area contributed by atoms with Crippen LogP contribution < -0.4 is 15.5 Å². The summed E-state index contributed by atoms with van der Waals surface area (Å²) in [5.74, 6) is 0.947. The van der Waals surface area contributed by atoms with Gasteiger partial charge in [0.25, 0.3) is 0 Å². The molecule has 4 rings (SSSR count). The molecule has 8 nitrogen and oxygen atoms in total. The zero-order valence-electron chi connectivity index (χ0n) is 19.0. The third kappa shape index (κ3) is 6.03. The summed E-state index contributed by atoms with van der Waals surface area (Å²) >= 11 is 0. The van der Waals surface area contributed by atoms with Crippen molar-refractivity contribution in [2.45, 2.75) is 56.5 Å². The van der Waals surface area contributed by atoms with Crippen molar-refractivity contribution < 1.29 is 13.2 Å². The number of amides is 2. The van der Waals surface area contributed by atoms with Gasteiger partial charge in [-0.25, -0.2) is 18.2 Å². The number of benzene rings is 1. The van der Waals surface area contributed by atoms with Crippen molar-refractivity contribution in [3.05, 3.63) is 53.7 Å². The minimum absolute atomic E-state index is 0.270. The van der Waals surface area contributed by atoms with Gasteiger partial charge in [0.1, 0.15) is 5.82 Å². The molecule has 0 spiro atoms. The number of urea groups is 1. The van der Waals surface area contributed by atoms with E-state index in [1.165, 1.54) is 19.3 Å². The van der Waals surface area contributed by atoms with E-state index < -0.39 is 10.0 Å². The first kappa shape index (κ1) is 23.5. The summed E-state index contributed by atoms with van der Waals surface area (Å²) in [4.78, 5) is 19.5. The number of rotatable bonds is 7. The Morgan fingerprint density at radius 2 is 1.48 bits per heavy atom. The van der Waals surface area contributed by atoms with Crippen LogP contribution in [0.5, 0.6) is 0 Å². The number of piperidine rings is 2. The topological polar surface area (TPSA) is 94.6 Å². The van der Waals surface area contributed by atoms with Crippen LogP contribution in [0, 0.1) is 0 Å². The second-order valence-corrected chi connectivity index (χ2v) is 10.6. The fourth-order valence-electron chi connectivity index (χ4n) is 4.41. The van der Waals surface area contributed by atoms with Crippen LogP contribution in [0.25, 0.3) is 0 Å². The van der Waals surface area contributed by atoms with Crippen LogP contribution in [0.1, 0.15) is 49.7 Å². The van der Waals surface area contributed by atoms with Crippen LogP contribution >= 0.6 is 0 Å². The Kier molecular flexibility index (Phi) is 7.82. The van der Waals surface area contributed by atoms with Crippen LogP contribution in [0.4, 0.5) is 10.6 Å². The highest BCUT2D eigenvalue weighted by Gasteiger charge is 2.25. The molecular weight excluding hydrogens is 438 g/mol. The maximum atomic E-state index is 12.8. The van der Waals surface area contributed by atoms with E-state index in [4.69, 9.17) is 0 Å². The van der Waals surface area contributed by atoms with Crippen LogP contribution in [0.15, 0.2) is 47.5 Å². The normalized spacial score (nSPS) is 17.5. The first-order valence-corrected chi connectivity index (χ1v) is 13.3. The molecule has 2 saturated heterocycles. The SMILES string of the molecule is O=C(NCc1ccc(S(=O)(=O)N2CCCCC2)cc1)NCc1cccnc1N1CCCCC1. The third-order valence-corrected chi connectivity index (χ3v) is 8.20. The molecule has 2 amide bonds. The van der Waals surface area contributed by atoms with Crippen LogP contribution in [-0.4, -0.2) is 49.9 Å². The van der Waals surface area contributed by atoms with Gasteiger partial charge in [-0.15, -0.1) is 0 Å². The molecule has 33 heavy (non-hydrogen) atoms. The number of anilines is 1. The molecule has 0 atom stereocenters. The molecule has 9 heteroatoms. The quantitative estimate of drug-likeness (QED) is 0.647. The molecule has 0 unspecified atom stereocenters. The lowest BCUT2D eigenvalue weighted by Crippen LogP contribution is -2.36. The fraction of sp³-hybridized carbons (Fsp3) is 0.500. The number of hydrogen-bond acceptors (Lipinski definition) is 5. The molecule has 178 valence electrons. The lowest BCUT2D eigenvalue weighted by molar-refractivity contribution is 0.240. The molecule has 1 aromatic heterocycles. The molecule has 0 radical (unpaired) electrons. The van der Waals surface area contributed by atoms with Crippen molar-refractivity contribution in [1.29, 1.82) is 0 Å². The smallest absolute Gasteiger partial charge is 0.315 e. The average molecular weight is 472 g/mol. The van der Waals surface area contributed by atoms with Crippen molar-refractivity contribution in [3.63, 3.8) is 0 Å². The first-order chi connectivity index (χ1) is 16.0. The Labute approximate surface area is 196 Å². The second-order valence-electron chi connectivity index (χ2n) is 8.68. The predicted octanol–water partition coefficient (Wildman–Crippen LogP) is 3.25. The number of hydrogen-bond donors (Lipinski definition) is 2. The summed E-state index contributed by atoms with van der Waals surface area (Å²) in [5.41, 5.74) is 1.85. The van der Waals surface area contributed by atoms with Crippen molar-refractivity contribution >= 4 is 21.9 Å². The zero-order chi connectivity index (χ0) is 23.1. The molecule has 3 heterocycles. The molecule has 1 aromatic carbocycles. The van der Waals surface area contributed by atoms with Crippen molar-refractivity contribution in [2.75, 3.05) is 31.1 Å². The second kappa shape index (κ2) is 11.0. The van der Waals surface area contributed by atoms with Gasteiger partial charge in [0.15, 0.2) is 0 Å². The van der Waals surface area contributed by atoms with Gasteiger partial charge < -0.3 is 15.5 Å². The highest BCUT2D eigenvalue weighted by molar-refractivity contribution is 7.89. The third-order valence-electron chi connectivity index (χ3n) is 6.29. The number of sulfonamides is 1. The van der Waals surface area contributed by atoms with Gasteiger partial charge in [0.05, 0.1) is 4.90 Å². The highest BCUT2D eigenvalue weighted by atomic mass is 32.2. The van der Waals surface area contributed by atoms with E-state index in [0.717, 1.165) is 49.3 Å². The van der Waals surface area contributed by atoms with E-state index in [1.54, 1.807) is 34.8 Å². The molecule has 2 N–H and O–H groups in total. The lowest BCUT2D eigenvalue weighted by Gasteiger charge is -2.29. The Morgan fingerprint density at radius 3 is 2.18 bits per heavy atom. The van der Waals surface area contributed by atoms with Crippen molar-refractivity contribution in [2.24, 2.45) is 0 Å². The number of pyridine rings is 1. The van der Waals surface area contributed by atoms with Crippen molar-refractivity contribution in [3.8, 4) is 0 Å². The maximum absolute atomic E-state index is 12.8. The van der Waals surface area contributed by atoms with Crippen LogP contribution in [0.3, 0.4) is 0 Å². The van der Waals surface area contributed by atoms with Gasteiger partial charge in [-0.3, -0.25) is 0 Å². The van der Waals surface area contributed by atoms with Gasteiger partial charge in [-0.05, 0) is 55.9 Å². The molecule has 2 aliphatic rings. The summed E-state index contributed by atoms with van der Waals surface area (Å²) in [6.45, 7) is 3.89. The summed E-state index contributed by atoms with van der Waals surface area (Å²) in [7, 11) is -3.44. The van der Waals surface area contributed by atoms with E-state index in [1.807, 2.05) is 12.1 Å². The number of nitrogens with zero attached hydrogens (tertiary/aromatic N) is 3. The fourth-order valence-corrected chi connectivity index (χ4v) is 5.93. The van der Waals surface area contributed by atoms with Gasteiger partial charge in [0.2, 0.25) is 10.0 Å². The largest absolute Gasteiger partial charge is 0.356 e. The van der Waals surface area contributed by atoms with Crippen LogP contribution in [-0.2, 0) is 23.1 Å². The standard InChI is InChI=1S/C24H33N5O3S/c30-24(27-19-21-8-7-13-25-23(21)28-14-3-1-4-15-28)26-18-20-9-11-22(12-10-20)33(31,32)29-16-5-2-6-17-29/h7-13H,1-6,14-19H2,(H2,26,27,30). The summed E-state index contributed by atoms with van der Waals surface area (Å²) in [5, 5.41) is 5.75. The number of carbonyl (C=O) groups excluding carboxylic acids is 1. The minimum atomic E-state index is -3.44. The summed E-state index contributed by atoms with van der Waals surface area (Å²) in [6, 6.07) is 10.4. The van der Waals surface area contributed by atoms with Gasteiger partial charge in [-0.2, -0.15) is 4.31 Å². The van der Waals surface area contributed by atoms with Gasteiger partial charge in [0, 0.05) is 51.0 Å². The highest BCUT2D eigenvalue weighted by Crippen LogP contribution is 2.22. The Bertz CT molecular complexity index is 1030. The Balaban J connectivity index is 1.28. The summed E-state index contributed by atoms with van der Waals surface area (Å²) < 4.78 is 27.1. The number of aromatic nitrogens is 1. The first-order valence-electron chi connectivity index (χ1n) is 11.8. The van der Waals surface area contributed by atoms with E-state index in [2.05, 4.69) is 20.5 Å². The molecule has 0 saturated carbocycles. The molecule has 0 aliphatic carbocycles. The molecule has 2 aliphatic heterocycles. The molecule has 2 fully saturated rings. The van der Waals surface area contributed by atoms with E-state index in [0.29, 0.717) is 31.1 Å². The average Bonchev–Trinajstić information content (AvgIpc) is 2.87. The van der Waals surface area contributed by atoms with E-state index in [-0.39, 0.29) is 6.03 Å². The van der Waals surface area contributed by atoms with E-state index >= 15 is 0 Å². The molecule has 2 aromatic rings. The lowest BCUT2D eigenvalue weighted by atomic mass is 10.1. The van der Waals surface area contributed by atoms with Crippen molar-refractivity contribution in [1.82, 2.24) is 19.9 Å². The van der Waals surface area contributed by atoms with E-state index in [9.17, 15) is 13.2 Å². The molecular formula is C24H33N5O3S.